The van der Waals surface area contributed by atoms with E-state index in [4.69, 9.17) is 20.8 Å². The summed E-state index contributed by atoms with van der Waals surface area (Å²) in [6.45, 7) is 0. The standard InChI is InChI=1S/C41H32ClN3O5S/c1-49-36-15-9-8-14-34(36)37-25-22-32(50-37)26-35(45-39(46)28-12-6-3-7-13-28)40(47)43-31-20-23-33(24-21-31)51-38(27-10-4-2-5-11-27)41(48)44-30-18-16-29(42)17-19-30/h2-26,38H,1H3,(H,43,47)(H,44,48)(H,45,46)/b35-26+/t38-/m1/s1. The number of thioether (sulfide) groups is 1. The van der Waals surface area contributed by atoms with Crippen molar-refractivity contribution in [3.05, 3.63) is 173 Å². The molecule has 1 heterocycles. The second-order valence-corrected chi connectivity index (χ2v) is 12.8. The summed E-state index contributed by atoms with van der Waals surface area (Å²) in [6, 6.07) is 43.1. The van der Waals surface area contributed by atoms with Crippen molar-refractivity contribution >= 4 is 58.5 Å². The predicted octanol–water partition coefficient (Wildman–Crippen LogP) is 9.49. The van der Waals surface area contributed by atoms with Gasteiger partial charge in [0.05, 0.1) is 12.7 Å². The smallest absolute Gasteiger partial charge is 0.272 e. The largest absolute Gasteiger partial charge is 0.496 e. The minimum absolute atomic E-state index is 0.0220. The normalized spacial score (nSPS) is 11.7. The Kier molecular flexibility index (Phi) is 11.3. The highest BCUT2D eigenvalue weighted by molar-refractivity contribution is 8.00. The first-order chi connectivity index (χ1) is 24.9. The summed E-state index contributed by atoms with van der Waals surface area (Å²) < 4.78 is 11.5. The van der Waals surface area contributed by atoms with Crippen LogP contribution in [0, 0.1) is 0 Å². The molecule has 3 N–H and O–H groups in total. The Morgan fingerprint density at radius 3 is 2.06 bits per heavy atom. The van der Waals surface area contributed by atoms with Gasteiger partial charge in [0.2, 0.25) is 5.91 Å². The molecule has 0 aliphatic carbocycles. The molecule has 0 spiro atoms. The van der Waals surface area contributed by atoms with Gasteiger partial charge in [-0.25, -0.2) is 0 Å². The molecule has 1 atom stereocenters. The van der Waals surface area contributed by atoms with Crippen molar-refractivity contribution in [2.45, 2.75) is 10.1 Å². The Labute approximate surface area is 304 Å². The van der Waals surface area contributed by atoms with Crippen LogP contribution in [0.2, 0.25) is 5.02 Å². The Morgan fingerprint density at radius 2 is 1.35 bits per heavy atom. The SMILES string of the molecule is COc1ccccc1-c1ccc(/C=C(/NC(=O)c2ccccc2)C(=O)Nc2ccc(S[C@@H](C(=O)Nc3ccc(Cl)cc3)c3ccccc3)cc2)o1. The molecule has 0 unspecified atom stereocenters. The molecule has 0 aliphatic heterocycles. The first-order valence-electron chi connectivity index (χ1n) is 15.9. The van der Waals surface area contributed by atoms with E-state index in [9.17, 15) is 14.4 Å². The molecule has 3 amide bonds. The fourth-order valence-corrected chi connectivity index (χ4v) is 6.25. The summed E-state index contributed by atoms with van der Waals surface area (Å²) in [6.07, 6.45) is 1.48. The molecule has 8 nitrogen and oxygen atoms in total. The lowest BCUT2D eigenvalue weighted by atomic mass is 10.1. The third-order valence-corrected chi connectivity index (χ3v) is 9.15. The molecule has 6 aromatic rings. The number of amides is 3. The van der Waals surface area contributed by atoms with Crippen LogP contribution in [0.3, 0.4) is 0 Å². The van der Waals surface area contributed by atoms with Crippen LogP contribution < -0.4 is 20.7 Å². The van der Waals surface area contributed by atoms with Crippen molar-refractivity contribution in [2.75, 3.05) is 17.7 Å². The molecule has 0 radical (unpaired) electrons. The first kappa shape index (κ1) is 34.8. The highest BCUT2D eigenvalue weighted by Crippen LogP contribution is 2.37. The van der Waals surface area contributed by atoms with Gasteiger partial charge in [-0.2, -0.15) is 0 Å². The van der Waals surface area contributed by atoms with Crippen LogP contribution in [0.4, 0.5) is 11.4 Å². The van der Waals surface area contributed by atoms with Gasteiger partial charge in [-0.05, 0) is 90.5 Å². The molecule has 0 bridgehead atoms. The number of hydrogen-bond donors (Lipinski definition) is 3. The van der Waals surface area contributed by atoms with Gasteiger partial charge in [0.15, 0.2) is 0 Å². The monoisotopic (exact) mass is 713 g/mol. The fourth-order valence-electron chi connectivity index (χ4n) is 5.10. The Morgan fingerprint density at radius 1 is 0.725 bits per heavy atom. The second kappa shape index (κ2) is 16.6. The lowest BCUT2D eigenvalue weighted by Crippen LogP contribution is -2.30. The van der Waals surface area contributed by atoms with Crippen molar-refractivity contribution in [3.8, 4) is 17.1 Å². The average Bonchev–Trinajstić information content (AvgIpc) is 3.64. The van der Waals surface area contributed by atoms with E-state index in [0.29, 0.717) is 39.2 Å². The average molecular weight is 714 g/mol. The predicted molar refractivity (Wildman–Crippen MR) is 203 cm³/mol. The summed E-state index contributed by atoms with van der Waals surface area (Å²) in [5.41, 5.74) is 3.07. The van der Waals surface area contributed by atoms with Crippen LogP contribution >= 0.6 is 23.4 Å². The van der Waals surface area contributed by atoms with Gasteiger partial charge in [0.25, 0.3) is 11.8 Å². The molecule has 0 saturated heterocycles. The second-order valence-electron chi connectivity index (χ2n) is 11.2. The van der Waals surface area contributed by atoms with E-state index in [1.54, 1.807) is 86.0 Å². The maximum Gasteiger partial charge on any atom is 0.272 e. The van der Waals surface area contributed by atoms with Crippen LogP contribution in [0.1, 0.15) is 26.9 Å². The van der Waals surface area contributed by atoms with Gasteiger partial charge in [0, 0.05) is 32.9 Å². The van der Waals surface area contributed by atoms with E-state index in [1.165, 1.54) is 17.8 Å². The van der Waals surface area contributed by atoms with Crippen molar-refractivity contribution in [2.24, 2.45) is 0 Å². The molecule has 51 heavy (non-hydrogen) atoms. The molecule has 0 fully saturated rings. The van der Waals surface area contributed by atoms with Gasteiger partial charge < -0.3 is 25.1 Å². The molecule has 254 valence electrons. The highest BCUT2D eigenvalue weighted by atomic mass is 35.5. The van der Waals surface area contributed by atoms with E-state index in [1.807, 2.05) is 66.7 Å². The molecule has 5 aromatic carbocycles. The Balaban J connectivity index is 1.21. The maximum absolute atomic E-state index is 13.7. The van der Waals surface area contributed by atoms with Gasteiger partial charge in [-0.15, -0.1) is 11.8 Å². The molecule has 6 rings (SSSR count). The van der Waals surface area contributed by atoms with Crippen LogP contribution in [-0.2, 0) is 9.59 Å². The minimum atomic E-state index is -0.556. The number of carbonyl (C=O) groups is 3. The number of carbonyl (C=O) groups excluding carboxylic acids is 3. The summed E-state index contributed by atoms with van der Waals surface area (Å²) in [7, 11) is 1.58. The summed E-state index contributed by atoms with van der Waals surface area (Å²) in [4.78, 5) is 41.1. The zero-order valence-electron chi connectivity index (χ0n) is 27.3. The number of halogens is 1. The number of anilines is 2. The Bertz CT molecular complexity index is 2150. The van der Waals surface area contributed by atoms with Crippen LogP contribution in [-0.4, -0.2) is 24.8 Å². The molecule has 0 aliphatic rings. The highest BCUT2D eigenvalue weighted by Gasteiger charge is 2.23. The van der Waals surface area contributed by atoms with Gasteiger partial charge in [-0.3, -0.25) is 14.4 Å². The zero-order chi connectivity index (χ0) is 35.6. The summed E-state index contributed by atoms with van der Waals surface area (Å²) in [5, 5.41) is 8.59. The van der Waals surface area contributed by atoms with Gasteiger partial charge in [0.1, 0.15) is 28.2 Å². The van der Waals surface area contributed by atoms with E-state index in [2.05, 4.69) is 16.0 Å². The van der Waals surface area contributed by atoms with Crippen LogP contribution in [0.25, 0.3) is 17.4 Å². The summed E-state index contributed by atoms with van der Waals surface area (Å²) >= 11 is 7.39. The number of rotatable bonds is 12. The summed E-state index contributed by atoms with van der Waals surface area (Å²) in [5.74, 6) is 0.323. The van der Waals surface area contributed by atoms with Crippen LogP contribution in [0.5, 0.6) is 5.75 Å². The van der Waals surface area contributed by atoms with Crippen molar-refractivity contribution in [1.82, 2.24) is 5.32 Å². The van der Waals surface area contributed by atoms with Crippen molar-refractivity contribution < 1.29 is 23.5 Å². The molecular formula is C41H32ClN3O5S. The van der Waals surface area contributed by atoms with Crippen LogP contribution in [0.15, 0.2) is 161 Å². The fraction of sp³-hybridized carbons (Fsp3) is 0.0488. The first-order valence-corrected chi connectivity index (χ1v) is 17.1. The number of furan rings is 1. The van der Waals surface area contributed by atoms with Crippen molar-refractivity contribution in [3.63, 3.8) is 0 Å². The molecule has 10 heteroatoms. The van der Waals surface area contributed by atoms with E-state index >= 15 is 0 Å². The number of benzene rings is 5. The zero-order valence-corrected chi connectivity index (χ0v) is 28.9. The molecule has 1 aromatic heterocycles. The van der Waals surface area contributed by atoms with E-state index in [-0.39, 0.29) is 11.6 Å². The maximum atomic E-state index is 13.7. The lowest BCUT2D eigenvalue weighted by Gasteiger charge is -2.17. The van der Waals surface area contributed by atoms with E-state index < -0.39 is 17.1 Å². The Hall–Kier alpha value is -6.03. The van der Waals surface area contributed by atoms with Gasteiger partial charge in [-0.1, -0.05) is 72.3 Å². The number of nitrogens with one attached hydrogen (secondary N) is 3. The lowest BCUT2D eigenvalue weighted by molar-refractivity contribution is -0.116. The molecular weight excluding hydrogens is 682 g/mol. The number of hydrogen-bond acceptors (Lipinski definition) is 6. The number of para-hydroxylation sites is 1. The minimum Gasteiger partial charge on any atom is -0.496 e. The quantitative estimate of drug-likeness (QED) is 0.0861. The third-order valence-electron chi connectivity index (χ3n) is 7.63. The third kappa shape index (κ3) is 9.16. The molecule has 0 saturated carbocycles. The number of methoxy groups -OCH3 is 1. The van der Waals surface area contributed by atoms with Gasteiger partial charge >= 0.3 is 0 Å². The topological polar surface area (TPSA) is 110 Å². The van der Waals surface area contributed by atoms with Crippen molar-refractivity contribution in [1.29, 1.82) is 0 Å². The van der Waals surface area contributed by atoms with E-state index in [0.717, 1.165) is 16.0 Å². The number of ether oxygens (including phenoxy) is 1.